The van der Waals surface area contributed by atoms with Gasteiger partial charge in [0, 0.05) is 30.6 Å². The largest absolute Gasteiger partial charge is 0.450 e. The molecule has 0 unspecified atom stereocenters. The van der Waals surface area contributed by atoms with Gasteiger partial charge in [-0.2, -0.15) is 0 Å². The summed E-state index contributed by atoms with van der Waals surface area (Å²) in [5.74, 6) is -0.741. The van der Waals surface area contributed by atoms with Crippen LogP contribution in [-0.4, -0.2) is 47.6 Å². The first-order valence-corrected chi connectivity index (χ1v) is 8.84. The van der Waals surface area contributed by atoms with Crippen molar-refractivity contribution in [2.45, 2.75) is 25.8 Å². The fourth-order valence-corrected chi connectivity index (χ4v) is 3.19. The Bertz CT molecular complexity index is 838. The molecule has 0 atom stereocenters. The maximum absolute atomic E-state index is 13.3. The Balaban J connectivity index is 1.65. The molecule has 0 aliphatic carbocycles. The standard InChI is InChI=1S/C18H19ClFN3O3/c1-2-26-18(25)23-7-5-13(6-8-23)21-17(24)14-9-11-3-4-12(20)10-15(11)22-16(14)19/h3-4,9-10,13H,2,5-8H2,1H3,(H,21,24). The molecule has 138 valence electrons. The van der Waals surface area contributed by atoms with Crippen LogP contribution in [0.15, 0.2) is 24.3 Å². The predicted octanol–water partition coefficient (Wildman–Crippen LogP) is 3.38. The minimum Gasteiger partial charge on any atom is -0.450 e. The Morgan fingerprint density at radius 2 is 2.08 bits per heavy atom. The number of likely N-dealkylation sites (tertiary alicyclic amines) is 1. The molecule has 2 aromatic rings. The molecule has 1 aromatic carbocycles. The van der Waals surface area contributed by atoms with Gasteiger partial charge in [-0.3, -0.25) is 4.79 Å². The van der Waals surface area contributed by atoms with Crippen molar-refractivity contribution in [1.82, 2.24) is 15.2 Å². The summed E-state index contributed by atoms with van der Waals surface area (Å²) in [6, 6.07) is 5.68. The van der Waals surface area contributed by atoms with Gasteiger partial charge in [-0.1, -0.05) is 11.6 Å². The lowest BCUT2D eigenvalue weighted by atomic mass is 10.0. The number of rotatable bonds is 3. The normalized spacial score (nSPS) is 15.1. The predicted molar refractivity (Wildman–Crippen MR) is 95.8 cm³/mol. The molecular weight excluding hydrogens is 361 g/mol. The van der Waals surface area contributed by atoms with Crippen LogP contribution in [-0.2, 0) is 4.74 Å². The number of carbonyl (C=O) groups is 2. The molecule has 6 nitrogen and oxygen atoms in total. The summed E-state index contributed by atoms with van der Waals surface area (Å²) in [5, 5.41) is 3.60. The van der Waals surface area contributed by atoms with Gasteiger partial charge in [0.15, 0.2) is 0 Å². The van der Waals surface area contributed by atoms with Gasteiger partial charge in [0.2, 0.25) is 0 Å². The third kappa shape index (κ3) is 4.04. The van der Waals surface area contributed by atoms with E-state index in [1.807, 2.05) is 0 Å². The zero-order valence-electron chi connectivity index (χ0n) is 14.3. The molecule has 1 aliphatic rings. The summed E-state index contributed by atoms with van der Waals surface area (Å²) in [5.41, 5.74) is 0.646. The summed E-state index contributed by atoms with van der Waals surface area (Å²) in [4.78, 5) is 30.0. The number of hydrogen-bond acceptors (Lipinski definition) is 4. The van der Waals surface area contributed by atoms with E-state index in [0.717, 1.165) is 0 Å². The van der Waals surface area contributed by atoms with Crippen molar-refractivity contribution < 1.29 is 18.7 Å². The van der Waals surface area contributed by atoms with Crippen LogP contribution in [0.5, 0.6) is 0 Å². The molecule has 0 radical (unpaired) electrons. The summed E-state index contributed by atoms with van der Waals surface area (Å²) < 4.78 is 18.3. The number of nitrogens with zero attached hydrogens (tertiary/aromatic N) is 2. The molecule has 3 rings (SSSR count). The molecule has 0 spiro atoms. The number of amides is 2. The molecule has 1 saturated heterocycles. The van der Waals surface area contributed by atoms with Gasteiger partial charge in [0.25, 0.3) is 5.91 Å². The maximum Gasteiger partial charge on any atom is 0.409 e. The molecule has 1 N–H and O–H groups in total. The molecule has 1 fully saturated rings. The molecule has 8 heteroatoms. The minimum absolute atomic E-state index is 0.0320. The minimum atomic E-state index is -0.411. The van der Waals surface area contributed by atoms with E-state index in [2.05, 4.69) is 10.3 Å². The number of hydrogen-bond donors (Lipinski definition) is 1. The van der Waals surface area contributed by atoms with Gasteiger partial charge in [-0.15, -0.1) is 0 Å². The highest BCUT2D eigenvalue weighted by Gasteiger charge is 2.25. The SMILES string of the molecule is CCOC(=O)N1CCC(NC(=O)c2cc3ccc(F)cc3nc2Cl)CC1. The van der Waals surface area contributed by atoms with E-state index in [1.165, 1.54) is 12.1 Å². The van der Waals surface area contributed by atoms with Gasteiger partial charge in [-0.25, -0.2) is 14.2 Å². The second kappa shape index (κ2) is 7.86. The molecule has 2 heterocycles. The first kappa shape index (κ1) is 18.4. The number of piperidine rings is 1. The number of carbonyl (C=O) groups excluding carboxylic acids is 2. The van der Waals surface area contributed by atoms with Crippen molar-refractivity contribution in [3.8, 4) is 0 Å². The van der Waals surface area contributed by atoms with E-state index in [-0.39, 0.29) is 28.8 Å². The molecule has 2 amide bonds. The lowest BCUT2D eigenvalue weighted by Crippen LogP contribution is -2.46. The smallest absolute Gasteiger partial charge is 0.409 e. The Kier molecular flexibility index (Phi) is 5.56. The Hall–Kier alpha value is -2.41. The van der Waals surface area contributed by atoms with Crippen LogP contribution in [0.3, 0.4) is 0 Å². The first-order valence-electron chi connectivity index (χ1n) is 8.46. The van der Waals surface area contributed by atoms with E-state index in [9.17, 15) is 14.0 Å². The van der Waals surface area contributed by atoms with E-state index < -0.39 is 5.82 Å². The Labute approximate surface area is 155 Å². The van der Waals surface area contributed by atoms with E-state index in [0.29, 0.717) is 43.4 Å². The maximum atomic E-state index is 13.3. The monoisotopic (exact) mass is 379 g/mol. The highest BCUT2D eigenvalue weighted by molar-refractivity contribution is 6.33. The third-order valence-corrected chi connectivity index (χ3v) is 4.62. The van der Waals surface area contributed by atoms with E-state index >= 15 is 0 Å². The molecule has 0 bridgehead atoms. The molecular formula is C18H19ClFN3O3. The molecule has 26 heavy (non-hydrogen) atoms. The summed E-state index contributed by atoms with van der Waals surface area (Å²) in [6.45, 7) is 3.15. The zero-order chi connectivity index (χ0) is 18.7. The van der Waals surface area contributed by atoms with Gasteiger partial charge in [0.1, 0.15) is 11.0 Å². The summed E-state index contributed by atoms with van der Waals surface area (Å²) in [6.07, 6.45) is 0.939. The topological polar surface area (TPSA) is 71.5 Å². The van der Waals surface area contributed by atoms with Crippen LogP contribution in [0, 0.1) is 5.82 Å². The van der Waals surface area contributed by atoms with Crippen LogP contribution in [0.4, 0.5) is 9.18 Å². The van der Waals surface area contributed by atoms with Gasteiger partial charge in [-0.05, 0) is 38.0 Å². The average Bonchev–Trinajstić information content (AvgIpc) is 2.61. The number of fused-ring (bicyclic) bond motifs is 1. The van der Waals surface area contributed by atoms with Crippen LogP contribution in [0.25, 0.3) is 10.9 Å². The van der Waals surface area contributed by atoms with E-state index in [1.54, 1.807) is 24.0 Å². The highest BCUT2D eigenvalue weighted by atomic mass is 35.5. The zero-order valence-corrected chi connectivity index (χ0v) is 15.1. The fourth-order valence-electron chi connectivity index (χ4n) is 2.96. The number of halogens is 2. The van der Waals surface area contributed by atoms with Gasteiger partial charge in [0.05, 0.1) is 17.7 Å². The van der Waals surface area contributed by atoms with Crippen LogP contribution < -0.4 is 5.32 Å². The van der Waals surface area contributed by atoms with Gasteiger partial charge < -0.3 is 15.0 Å². The van der Waals surface area contributed by atoms with Crippen molar-refractivity contribution in [2.24, 2.45) is 0 Å². The second-order valence-corrected chi connectivity index (χ2v) is 6.46. The molecule has 1 aromatic heterocycles. The Morgan fingerprint density at radius 1 is 1.35 bits per heavy atom. The quantitative estimate of drug-likeness (QED) is 0.830. The fraction of sp³-hybridized carbons (Fsp3) is 0.389. The number of aromatic nitrogens is 1. The molecule has 0 saturated carbocycles. The lowest BCUT2D eigenvalue weighted by Gasteiger charge is -2.31. The lowest BCUT2D eigenvalue weighted by molar-refractivity contribution is 0.0860. The number of pyridine rings is 1. The number of ether oxygens (including phenoxy) is 1. The summed E-state index contributed by atoms with van der Waals surface area (Å²) >= 11 is 6.10. The second-order valence-electron chi connectivity index (χ2n) is 6.10. The summed E-state index contributed by atoms with van der Waals surface area (Å²) in [7, 11) is 0. The van der Waals surface area contributed by atoms with Gasteiger partial charge >= 0.3 is 6.09 Å². The third-order valence-electron chi connectivity index (χ3n) is 4.33. The van der Waals surface area contributed by atoms with E-state index in [4.69, 9.17) is 16.3 Å². The van der Waals surface area contributed by atoms with Crippen molar-refractivity contribution in [2.75, 3.05) is 19.7 Å². The van der Waals surface area contributed by atoms with Crippen molar-refractivity contribution >= 4 is 34.5 Å². The Morgan fingerprint density at radius 3 is 2.77 bits per heavy atom. The van der Waals surface area contributed by atoms with Crippen molar-refractivity contribution in [3.63, 3.8) is 0 Å². The number of nitrogens with one attached hydrogen (secondary N) is 1. The van der Waals surface area contributed by atoms with Crippen LogP contribution in [0.1, 0.15) is 30.1 Å². The van der Waals surface area contributed by atoms with Crippen LogP contribution in [0.2, 0.25) is 5.15 Å². The average molecular weight is 380 g/mol. The molecule has 1 aliphatic heterocycles. The highest BCUT2D eigenvalue weighted by Crippen LogP contribution is 2.22. The number of benzene rings is 1. The van der Waals surface area contributed by atoms with Crippen molar-refractivity contribution in [1.29, 1.82) is 0 Å². The van der Waals surface area contributed by atoms with Crippen molar-refractivity contribution in [3.05, 3.63) is 40.8 Å². The first-order chi connectivity index (χ1) is 12.5. The van der Waals surface area contributed by atoms with Crippen LogP contribution >= 0.6 is 11.6 Å².